The van der Waals surface area contributed by atoms with Crippen molar-refractivity contribution in [1.82, 2.24) is 15.5 Å². The molecule has 0 spiro atoms. The molecule has 4 N–H and O–H groups in total. The van der Waals surface area contributed by atoms with Gasteiger partial charge in [0.15, 0.2) is 0 Å². The van der Waals surface area contributed by atoms with Gasteiger partial charge in [-0.25, -0.2) is 9.59 Å². The SMILES string of the molecule is Cc1ccc(C(C(=O)NC(Cc2ccccc2)C(=O)OC(C)(C)C)N(C(=O)C(CC(N)=O)NC(=O)OC(C)(C)C)C(C)C)cc1. The van der Waals surface area contributed by atoms with Gasteiger partial charge in [0.25, 0.3) is 0 Å². The molecule has 11 heteroatoms. The van der Waals surface area contributed by atoms with E-state index in [4.69, 9.17) is 15.2 Å². The number of hydrogen-bond donors (Lipinski definition) is 3. The summed E-state index contributed by atoms with van der Waals surface area (Å²) in [5.74, 6) is -2.85. The maximum absolute atomic E-state index is 14.3. The smallest absolute Gasteiger partial charge is 0.408 e. The maximum Gasteiger partial charge on any atom is 0.408 e. The van der Waals surface area contributed by atoms with E-state index in [0.29, 0.717) is 5.56 Å². The molecule has 3 atom stereocenters. The Bertz CT molecular complexity index is 1330. The van der Waals surface area contributed by atoms with Crippen LogP contribution in [0.15, 0.2) is 54.6 Å². The molecule has 0 aliphatic heterocycles. The summed E-state index contributed by atoms with van der Waals surface area (Å²) in [6.45, 7) is 15.5. The highest BCUT2D eigenvalue weighted by molar-refractivity contribution is 5.95. The van der Waals surface area contributed by atoms with Crippen LogP contribution in [0.3, 0.4) is 0 Å². The van der Waals surface area contributed by atoms with E-state index in [9.17, 15) is 24.0 Å². The van der Waals surface area contributed by atoms with Gasteiger partial charge >= 0.3 is 12.1 Å². The second-order valence-corrected chi connectivity index (χ2v) is 13.3. The number of nitrogens with one attached hydrogen (secondary N) is 2. The number of carbonyl (C=O) groups excluding carboxylic acids is 5. The van der Waals surface area contributed by atoms with Gasteiger partial charge in [-0.2, -0.15) is 0 Å². The van der Waals surface area contributed by atoms with E-state index in [1.54, 1.807) is 79.7 Å². The van der Waals surface area contributed by atoms with E-state index in [2.05, 4.69) is 10.6 Å². The summed E-state index contributed by atoms with van der Waals surface area (Å²) >= 11 is 0. The first kappa shape index (κ1) is 36.8. The van der Waals surface area contributed by atoms with Crippen LogP contribution in [0.4, 0.5) is 4.79 Å². The van der Waals surface area contributed by atoms with Crippen LogP contribution in [0.25, 0.3) is 0 Å². The lowest BCUT2D eigenvalue weighted by molar-refractivity contribution is -0.159. The highest BCUT2D eigenvalue weighted by atomic mass is 16.6. The minimum absolute atomic E-state index is 0.141. The average molecular weight is 625 g/mol. The number of rotatable bonds is 12. The molecule has 3 unspecified atom stereocenters. The second kappa shape index (κ2) is 15.5. The summed E-state index contributed by atoms with van der Waals surface area (Å²) < 4.78 is 11.0. The Labute approximate surface area is 266 Å². The van der Waals surface area contributed by atoms with Gasteiger partial charge in [-0.15, -0.1) is 0 Å². The molecule has 2 aromatic rings. The molecule has 4 amide bonds. The van der Waals surface area contributed by atoms with Gasteiger partial charge in [-0.05, 0) is 73.4 Å². The van der Waals surface area contributed by atoms with E-state index >= 15 is 0 Å². The van der Waals surface area contributed by atoms with Crippen molar-refractivity contribution < 1.29 is 33.4 Å². The van der Waals surface area contributed by atoms with Gasteiger partial charge in [0.05, 0.1) is 6.42 Å². The molecule has 0 aromatic heterocycles. The van der Waals surface area contributed by atoms with Crippen LogP contribution in [0.1, 0.15) is 84.5 Å². The second-order valence-electron chi connectivity index (χ2n) is 13.3. The van der Waals surface area contributed by atoms with E-state index in [1.165, 1.54) is 4.90 Å². The van der Waals surface area contributed by atoms with Crippen molar-refractivity contribution in [3.63, 3.8) is 0 Å². The van der Waals surface area contributed by atoms with Gasteiger partial charge in [0, 0.05) is 12.5 Å². The third-order valence-electron chi connectivity index (χ3n) is 6.42. The Hall–Kier alpha value is -4.41. The van der Waals surface area contributed by atoms with Crippen LogP contribution >= 0.6 is 0 Å². The van der Waals surface area contributed by atoms with E-state index < -0.39 is 71.6 Å². The van der Waals surface area contributed by atoms with Crippen LogP contribution in [0.2, 0.25) is 0 Å². The van der Waals surface area contributed by atoms with Gasteiger partial charge < -0.3 is 30.7 Å². The topological polar surface area (TPSA) is 157 Å². The van der Waals surface area contributed by atoms with E-state index in [0.717, 1.165) is 11.1 Å². The molecular formula is C34H48N4O7. The van der Waals surface area contributed by atoms with Crippen molar-refractivity contribution in [3.05, 3.63) is 71.3 Å². The molecule has 246 valence electrons. The number of carbonyl (C=O) groups is 5. The zero-order valence-electron chi connectivity index (χ0n) is 27.8. The van der Waals surface area contributed by atoms with Gasteiger partial charge in [0.2, 0.25) is 17.7 Å². The Balaban J connectivity index is 2.59. The summed E-state index contributed by atoms with van der Waals surface area (Å²) in [6.07, 6.45) is -1.31. The van der Waals surface area contributed by atoms with Crippen LogP contribution in [0, 0.1) is 6.92 Å². The number of benzene rings is 2. The Morgan fingerprint density at radius 3 is 1.84 bits per heavy atom. The normalized spacial score (nSPS) is 13.6. The molecule has 2 rings (SSSR count). The molecule has 0 bridgehead atoms. The lowest BCUT2D eigenvalue weighted by Crippen LogP contribution is -2.57. The molecule has 0 radical (unpaired) electrons. The van der Waals surface area contributed by atoms with Gasteiger partial charge in [-0.3, -0.25) is 14.4 Å². The average Bonchev–Trinajstić information content (AvgIpc) is 2.89. The van der Waals surface area contributed by atoms with Crippen molar-refractivity contribution in [2.45, 2.75) is 111 Å². The number of aryl methyl sites for hydroxylation is 1. The number of nitrogens with two attached hydrogens (primary N) is 1. The number of esters is 1. The van der Waals surface area contributed by atoms with Crippen LogP contribution < -0.4 is 16.4 Å². The summed E-state index contributed by atoms with van der Waals surface area (Å²) in [5, 5.41) is 5.28. The predicted molar refractivity (Wildman–Crippen MR) is 171 cm³/mol. The fourth-order valence-corrected chi connectivity index (χ4v) is 4.56. The van der Waals surface area contributed by atoms with Crippen molar-refractivity contribution in [2.75, 3.05) is 0 Å². The molecule has 0 saturated carbocycles. The molecule has 11 nitrogen and oxygen atoms in total. The number of primary amides is 1. The molecule has 0 fully saturated rings. The zero-order valence-corrected chi connectivity index (χ0v) is 27.8. The largest absolute Gasteiger partial charge is 0.458 e. The van der Waals surface area contributed by atoms with Crippen LogP contribution in [-0.4, -0.2) is 64.0 Å². The first-order chi connectivity index (χ1) is 20.8. The number of hydrogen-bond acceptors (Lipinski definition) is 7. The molecule has 2 aromatic carbocycles. The summed E-state index contributed by atoms with van der Waals surface area (Å²) in [6, 6.07) is 11.8. The first-order valence-corrected chi connectivity index (χ1v) is 15.0. The maximum atomic E-state index is 14.3. The number of alkyl carbamates (subject to hydrolysis) is 1. The van der Waals surface area contributed by atoms with Crippen molar-refractivity contribution in [3.8, 4) is 0 Å². The summed E-state index contributed by atoms with van der Waals surface area (Å²) in [5.41, 5.74) is 5.95. The van der Waals surface area contributed by atoms with Crippen molar-refractivity contribution >= 4 is 29.8 Å². The monoisotopic (exact) mass is 624 g/mol. The first-order valence-electron chi connectivity index (χ1n) is 15.0. The molecule has 0 aliphatic carbocycles. The number of amides is 4. The fraction of sp³-hybridized carbons (Fsp3) is 0.500. The van der Waals surface area contributed by atoms with Crippen molar-refractivity contribution in [1.29, 1.82) is 0 Å². The zero-order chi connectivity index (χ0) is 34.1. The predicted octanol–water partition coefficient (Wildman–Crippen LogP) is 4.11. The van der Waals surface area contributed by atoms with E-state index in [1.807, 2.05) is 37.3 Å². The molecule has 0 saturated heterocycles. The number of nitrogens with zero attached hydrogens (tertiary/aromatic N) is 1. The number of ether oxygens (including phenoxy) is 2. The van der Waals surface area contributed by atoms with Crippen LogP contribution in [-0.2, 0) is 35.1 Å². The molecular weight excluding hydrogens is 576 g/mol. The van der Waals surface area contributed by atoms with Gasteiger partial charge in [-0.1, -0.05) is 60.2 Å². The standard InChI is InChI=1S/C34H48N4O7/c1-21(2)38(30(41)25(20-27(35)39)37-32(43)45-34(7,8)9)28(24-17-15-22(3)16-18-24)29(40)36-26(31(42)44-33(4,5)6)19-23-13-11-10-12-14-23/h10-18,21,25-26,28H,19-20H2,1-9H3,(H2,35,39)(H,36,40)(H,37,43). The quantitative estimate of drug-likeness (QED) is 0.300. The highest BCUT2D eigenvalue weighted by Crippen LogP contribution is 2.27. The lowest BCUT2D eigenvalue weighted by Gasteiger charge is -2.37. The van der Waals surface area contributed by atoms with E-state index in [-0.39, 0.29) is 6.42 Å². The lowest BCUT2D eigenvalue weighted by atomic mass is 9.98. The third kappa shape index (κ3) is 12.2. The fourth-order valence-electron chi connectivity index (χ4n) is 4.56. The Morgan fingerprint density at radius 2 is 1.36 bits per heavy atom. The molecule has 0 heterocycles. The third-order valence-corrected chi connectivity index (χ3v) is 6.42. The summed E-state index contributed by atoms with van der Waals surface area (Å²) in [7, 11) is 0. The Kier molecular flexibility index (Phi) is 12.7. The molecule has 0 aliphatic rings. The van der Waals surface area contributed by atoms with Gasteiger partial charge in [0.1, 0.15) is 29.3 Å². The highest BCUT2D eigenvalue weighted by Gasteiger charge is 2.40. The molecule has 45 heavy (non-hydrogen) atoms. The minimum Gasteiger partial charge on any atom is -0.458 e. The van der Waals surface area contributed by atoms with Crippen LogP contribution in [0.5, 0.6) is 0 Å². The minimum atomic E-state index is -1.42. The van der Waals surface area contributed by atoms with Crippen molar-refractivity contribution in [2.24, 2.45) is 5.73 Å². The summed E-state index contributed by atoms with van der Waals surface area (Å²) in [4.78, 5) is 67.8. The Morgan fingerprint density at radius 1 is 0.800 bits per heavy atom.